The summed E-state index contributed by atoms with van der Waals surface area (Å²) in [5, 5.41) is 18.0. The van der Waals surface area contributed by atoms with Crippen molar-refractivity contribution in [1.82, 2.24) is 0 Å². The van der Waals surface area contributed by atoms with Gasteiger partial charge in [0.05, 0.1) is 6.61 Å². The van der Waals surface area contributed by atoms with Crippen LogP contribution in [0.5, 0.6) is 11.5 Å². The second-order valence-electron chi connectivity index (χ2n) is 3.59. The van der Waals surface area contributed by atoms with Crippen molar-refractivity contribution in [2.45, 2.75) is 6.61 Å². The summed E-state index contributed by atoms with van der Waals surface area (Å²) in [6.45, 7) is -0.187. The predicted molar refractivity (Wildman–Crippen MR) is 63.6 cm³/mol. The van der Waals surface area contributed by atoms with E-state index in [4.69, 9.17) is 15.1 Å². The maximum atomic E-state index is 13.4. The first kappa shape index (κ1) is 12.1. The van der Waals surface area contributed by atoms with Gasteiger partial charge in [-0.15, -0.1) is 0 Å². The van der Waals surface area contributed by atoms with E-state index in [1.807, 2.05) is 0 Å². The molecule has 3 nitrogen and oxygen atoms in total. The Kier molecular flexibility index (Phi) is 3.56. The molecule has 0 fully saturated rings. The molecular weight excluding hydrogens is 233 g/mol. The first-order valence-corrected chi connectivity index (χ1v) is 5.31. The number of aliphatic hydroxyl groups is 1. The second kappa shape index (κ2) is 5.30. The molecule has 0 radical (unpaired) electrons. The molecule has 0 heterocycles. The Balaban J connectivity index is 2.41. The molecule has 0 unspecified atom stereocenters. The van der Waals surface area contributed by atoms with Gasteiger partial charge in [-0.1, -0.05) is 24.3 Å². The van der Waals surface area contributed by atoms with Crippen LogP contribution in [-0.4, -0.2) is 5.11 Å². The summed E-state index contributed by atoms with van der Waals surface area (Å²) in [5.41, 5.74) is 0.427. The zero-order chi connectivity index (χ0) is 13.0. The number of ether oxygens (including phenoxy) is 1. The highest BCUT2D eigenvalue weighted by molar-refractivity contribution is 5.47. The Hall–Kier alpha value is -2.38. The molecule has 2 aromatic carbocycles. The highest BCUT2D eigenvalue weighted by Gasteiger charge is 2.11. The van der Waals surface area contributed by atoms with Crippen molar-refractivity contribution >= 4 is 0 Å². The van der Waals surface area contributed by atoms with Gasteiger partial charge in [0.25, 0.3) is 0 Å². The van der Waals surface area contributed by atoms with E-state index >= 15 is 0 Å². The number of para-hydroxylation sites is 1. The van der Waals surface area contributed by atoms with E-state index in [1.165, 1.54) is 18.2 Å². The number of hydrogen-bond donors (Lipinski definition) is 1. The molecule has 0 aliphatic rings. The van der Waals surface area contributed by atoms with Crippen LogP contribution in [0.3, 0.4) is 0 Å². The fourth-order valence-electron chi connectivity index (χ4n) is 1.55. The summed E-state index contributed by atoms with van der Waals surface area (Å²) in [7, 11) is 0. The van der Waals surface area contributed by atoms with Gasteiger partial charge in [-0.25, -0.2) is 4.39 Å². The van der Waals surface area contributed by atoms with Gasteiger partial charge in [0, 0.05) is 5.56 Å². The highest BCUT2D eigenvalue weighted by atomic mass is 19.1. The van der Waals surface area contributed by atoms with Crippen LogP contribution >= 0.6 is 0 Å². The van der Waals surface area contributed by atoms with E-state index in [9.17, 15) is 4.39 Å². The Morgan fingerprint density at radius 3 is 2.56 bits per heavy atom. The number of nitrogens with zero attached hydrogens (tertiary/aromatic N) is 1. The van der Waals surface area contributed by atoms with Gasteiger partial charge >= 0.3 is 0 Å². The van der Waals surface area contributed by atoms with Crippen molar-refractivity contribution in [3.8, 4) is 17.6 Å². The van der Waals surface area contributed by atoms with Gasteiger partial charge in [-0.2, -0.15) is 5.26 Å². The summed E-state index contributed by atoms with van der Waals surface area (Å²) in [6, 6.07) is 12.8. The van der Waals surface area contributed by atoms with Crippen LogP contribution in [0.2, 0.25) is 0 Å². The number of nitriles is 1. The maximum absolute atomic E-state index is 13.4. The smallest absolute Gasteiger partial charge is 0.148 e. The molecule has 0 amide bonds. The number of halogens is 1. The third-order valence-corrected chi connectivity index (χ3v) is 2.45. The van der Waals surface area contributed by atoms with E-state index in [0.717, 1.165) is 0 Å². The van der Waals surface area contributed by atoms with Gasteiger partial charge in [0.15, 0.2) is 0 Å². The standard InChI is InChI=1S/C14H10FNO2/c15-12-5-3-7-14(11(12)8-16)18-13-6-2-1-4-10(13)9-17/h1-7,17H,9H2. The number of aliphatic hydroxyl groups excluding tert-OH is 1. The summed E-state index contributed by atoms with van der Waals surface area (Å²) < 4.78 is 18.9. The number of hydrogen-bond acceptors (Lipinski definition) is 3. The molecule has 0 spiro atoms. The summed E-state index contributed by atoms with van der Waals surface area (Å²) in [5.74, 6) is -0.0861. The van der Waals surface area contributed by atoms with Crippen LogP contribution in [0.4, 0.5) is 4.39 Å². The molecular formula is C14H10FNO2. The van der Waals surface area contributed by atoms with Crippen molar-refractivity contribution in [3.05, 3.63) is 59.4 Å². The molecule has 0 aliphatic heterocycles. The Morgan fingerprint density at radius 2 is 1.83 bits per heavy atom. The van der Waals surface area contributed by atoms with Gasteiger partial charge < -0.3 is 9.84 Å². The van der Waals surface area contributed by atoms with E-state index in [1.54, 1.807) is 30.3 Å². The molecule has 18 heavy (non-hydrogen) atoms. The molecule has 2 aromatic rings. The van der Waals surface area contributed by atoms with Crippen LogP contribution in [-0.2, 0) is 6.61 Å². The topological polar surface area (TPSA) is 53.2 Å². The van der Waals surface area contributed by atoms with Crippen molar-refractivity contribution in [2.24, 2.45) is 0 Å². The zero-order valence-corrected chi connectivity index (χ0v) is 9.43. The molecule has 90 valence electrons. The minimum absolute atomic E-state index is 0.137. The molecule has 0 atom stereocenters. The van der Waals surface area contributed by atoms with Crippen LogP contribution in [0, 0.1) is 17.1 Å². The normalized spacial score (nSPS) is 9.83. The SMILES string of the molecule is N#Cc1c(F)cccc1Oc1ccccc1CO. The average Bonchev–Trinajstić information content (AvgIpc) is 2.40. The number of benzene rings is 2. The van der Waals surface area contributed by atoms with Crippen LogP contribution in [0.1, 0.15) is 11.1 Å². The Bertz CT molecular complexity index is 605. The summed E-state index contributed by atoms with van der Waals surface area (Å²) in [6.07, 6.45) is 0. The van der Waals surface area contributed by atoms with E-state index in [-0.39, 0.29) is 17.9 Å². The molecule has 0 aromatic heterocycles. The lowest BCUT2D eigenvalue weighted by atomic mass is 10.2. The molecule has 1 N–H and O–H groups in total. The van der Waals surface area contributed by atoms with E-state index in [0.29, 0.717) is 11.3 Å². The molecule has 0 aliphatic carbocycles. The zero-order valence-electron chi connectivity index (χ0n) is 9.43. The minimum Gasteiger partial charge on any atom is -0.455 e. The van der Waals surface area contributed by atoms with E-state index < -0.39 is 5.82 Å². The van der Waals surface area contributed by atoms with Crippen molar-refractivity contribution in [2.75, 3.05) is 0 Å². The fourth-order valence-corrected chi connectivity index (χ4v) is 1.55. The lowest BCUT2D eigenvalue weighted by molar-refractivity contribution is 0.276. The monoisotopic (exact) mass is 243 g/mol. The highest BCUT2D eigenvalue weighted by Crippen LogP contribution is 2.28. The van der Waals surface area contributed by atoms with Gasteiger partial charge in [0.1, 0.15) is 28.9 Å². The van der Waals surface area contributed by atoms with Crippen molar-refractivity contribution in [1.29, 1.82) is 5.26 Å². The second-order valence-corrected chi connectivity index (χ2v) is 3.59. The van der Waals surface area contributed by atoms with Gasteiger partial charge in [-0.3, -0.25) is 0 Å². The molecule has 4 heteroatoms. The molecule has 0 saturated carbocycles. The molecule has 0 saturated heterocycles. The fraction of sp³-hybridized carbons (Fsp3) is 0.0714. The van der Waals surface area contributed by atoms with Gasteiger partial charge in [-0.05, 0) is 18.2 Å². The minimum atomic E-state index is -0.628. The lowest BCUT2D eigenvalue weighted by Crippen LogP contribution is -1.95. The third-order valence-electron chi connectivity index (χ3n) is 2.45. The largest absolute Gasteiger partial charge is 0.455 e. The van der Waals surface area contributed by atoms with Crippen molar-refractivity contribution in [3.63, 3.8) is 0 Å². The van der Waals surface area contributed by atoms with Crippen LogP contribution < -0.4 is 4.74 Å². The molecule has 2 rings (SSSR count). The Labute approximate surface area is 104 Å². The summed E-state index contributed by atoms with van der Waals surface area (Å²) in [4.78, 5) is 0. The first-order chi connectivity index (χ1) is 8.76. The first-order valence-electron chi connectivity index (χ1n) is 5.31. The molecule has 0 bridgehead atoms. The quantitative estimate of drug-likeness (QED) is 0.901. The van der Waals surface area contributed by atoms with Crippen molar-refractivity contribution < 1.29 is 14.2 Å². The third kappa shape index (κ3) is 2.31. The van der Waals surface area contributed by atoms with Crippen LogP contribution in [0.15, 0.2) is 42.5 Å². The Morgan fingerprint density at radius 1 is 1.11 bits per heavy atom. The number of rotatable bonds is 3. The van der Waals surface area contributed by atoms with Gasteiger partial charge in [0.2, 0.25) is 0 Å². The predicted octanol–water partition coefficient (Wildman–Crippen LogP) is 2.98. The average molecular weight is 243 g/mol. The maximum Gasteiger partial charge on any atom is 0.148 e. The summed E-state index contributed by atoms with van der Waals surface area (Å²) >= 11 is 0. The van der Waals surface area contributed by atoms with E-state index in [2.05, 4.69) is 0 Å². The lowest BCUT2D eigenvalue weighted by Gasteiger charge is -2.10. The van der Waals surface area contributed by atoms with Crippen LogP contribution in [0.25, 0.3) is 0 Å².